The number of urea groups is 1. The first kappa shape index (κ1) is 24.4. The maximum absolute atomic E-state index is 13.4. The number of benzene rings is 3. The highest BCUT2D eigenvalue weighted by molar-refractivity contribution is 9.10. The van der Waals surface area contributed by atoms with Crippen LogP contribution in [-0.4, -0.2) is 25.0 Å². The summed E-state index contributed by atoms with van der Waals surface area (Å²) in [5, 5.41) is 2.49. The SMILES string of the molecule is COc1cc(/C=C2\C(=O)NC(=O)N(c3cccc(Cl)c3)C2=O)cc(Br)c1OCc1cccc(F)c1. The van der Waals surface area contributed by atoms with Crippen molar-refractivity contribution in [2.45, 2.75) is 6.61 Å². The first-order chi connectivity index (χ1) is 16.8. The smallest absolute Gasteiger partial charge is 0.335 e. The predicted octanol–water partition coefficient (Wildman–Crippen LogP) is 5.50. The number of carbonyl (C=O) groups excluding carboxylic acids is 3. The van der Waals surface area contributed by atoms with E-state index in [2.05, 4.69) is 21.2 Å². The molecule has 0 saturated carbocycles. The molecule has 4 amide bonds. The topological polar surface area (TPSA) is 84.9 Å². The fraction of sp³-hybridized carbons (Fsp3) is 0.0800. The highest BCUT2D eigenvalue weighted by Gasteiger charge is 2.37. The zero-order valence-corrected chi connectivity index (χ0v) is 20.5. The zero-order chi connectivity index (χ0) is 25.1. The Labute approximate surface area is 213 Å². The largest absolute Gasteiger partial charge is 0.493 e. The Balaban J connectivity index is 1.64. The summed E-state index contributed by atoms with van der Waals surface area (Å²) < 4.78 is 25.2. The minimum absolute atomic E-state index is 0.0881. The Morgan fingerprint density at radius 3 is 2.57 bits per heavy atom. The number of ether oxygens (including phenoxy) is 2. The summed E-state index contributed by atoms with van der Waals surface area (Å²) in [6, 6.07) is 14.5. The predicted molar refractivity (Wildman–Crippen MR) is 132 cm³/mol. The lowest BCUT2D eigenvalue weighted by atomic mass is 10.1. The Morgan fingerprint density at radius 2 is 1.86 bits per heavy atom. The molecule has 0 radical (unpaired) electrons. The number of amides is 4. The van der Waals surface area contributed by atoms with Gasteiger partial charge >= 0.3 is 6.03 Å². The Hall–Kier alpha value is -3.69. The molecule has 4 rings (SSSR count). The van der Waals surface area contributed by atoms with E-state index >= 15 is 0 Å². The molecule has 1 aliphatic rings. The van der Waals surface area contributed by atoms with E-state index in [-0.39, 0.29) is 23.7 Å². The lowest BCUT2D eigenvalue weighted by Crippen LogP contribution is -2.54. The summed E-state index contributed by atoms with van der Waals surface area (Å²) in [5.41, 5.74) is 1.02. The summed E-state index contributed by atoms with van der Waals surface area (Å²) in [7, 11) is 1.44. The van der Waals surface area contributed by atoms with Gasteiger partial charge in [-0.1, -0.05) is 29.8 Å². The average Bonchev–Trinajstić information content (AvgIpc) is 2.80. The van der Waals surface area contributed by atoms with Crippen LogP contribution in [0.5, 0.6) is 11.5 Å². The molecule has 35 heavy (non-hydrogen) atoms. The highest BCUT2D eigenvalue weighted by Crippen LogP contribution is 2.38. The standard InChI is InChI=1S/C25H17BrClFN2O5/c1-34-21-11-15(10-20(26)22(21)35-13-14-4-2-6-17(28)8-14)9-19-23(31)29-25(33)30(24(19)32)18-7-3-5-16(27)12-18/h2-12H,13H2,1H3,(H,29,31,33)/b19-9+. The fourth-order valence-corrected chi connectivity index (χ4v) is 4.18. The second-order valence-corrected chi connectivity index (χ2v) is 8.68. The molecule has 7 nitrogen and oxygen atoms in total. The van der Waals surface area contributed by atoms with Gasteiger partial charge in [-0.2, -0.15) is 0 Å². The van der Waals surface area contributed by atoms with Crippen LogP contribution in [0.1, 0.15) is 11.1 Å². The summed E-state index contributed by atoms with van der Waals surface area (Å²) in [4.78, 5) is 38.8. The molecule has 0 unspecified atom stereocenters. The molecule has 3 aromatic rings. The van der Waals surface area contributed by atoms with Gasteiger partial charge in [0, 0.05) is 5.02 Å². The molecule has 1 N–H and O–H groups in total. The molecule has 0 spiro atoms. The van der Waals surface area contributed by atoms with E-state index in [1.54, 1.807) is 36.4 Å². The number of carbonyl (C=O) groups is 3. The molecule has 1 aliphatic heterocycles. The third-order valence-electron chi connectivity index (χ3n) is 5.00. The Bertz CT molecular complexity index is 1380. The number of rotatable bonds is 6. The maximum Gasteiger partial charge on any atom is 0.335 e. The number of nitrogens with zero attached hydrogens (tertiary/aromatic N) is 1. The molecule has 1 fully saturated rings. The summed E-state index contributed by atoms with van der Waals surface area (Å²) >= 11 is 9.41. The van der Waals surface area contributed by atoms with Crippen LogP contribution < -0.4 is 19.7 Å². The van der Waals surface area contributed by atoms with E-state index in [0.29, 0.717) is 32.1 Å². The lowest BCUT2D eigenvalue weighted by molar-refractivity contribution is -0.122. The van der Waals surface area contributed by atoms with E-state index in [1.165, 1.54) is 37.5 Å². The van der Waals surface area contributed by atoms with Crippen molar-refractivity contribution in [3.05, 3.63) is 92.7 Å². The molecule has 0 aliphatic carbocycles. The minimum Gasteiger partial charge on any atom is -0.493 e. The molecule has 3 aromatic carbocycles. The van der Waals surface area contributed by atoms with Crippen LogP contribution in [-0.2, 0) is 16.2 Å². The van der Waals surface area contributed by atoms with Crippen molar-refractivity contribution in [1.82, 2.24) is 5.32 Å². The second kappa shape index (κ2) is 10.3. The fourth-order valence-electron chi connectivity index (χ4n) is 3.42. The molecule has 0 aromatic heterocycles. The van der Waals surface area contributed by atoms with Gasteiger partial charge in [-0.05, 0) is 75.6 Å². The van der Waals surface area contributed by atoms with Crippen molar-refractivity contribution in [3.63, 3.8) is 0 Å². The molecule has 178 valence electrons. The van der Waals surface area contributed by atoms with Crippen LogP contribution in [0.2, 0.25) is 5.02 Å². The molecular formula is C25H17BrClFN2O5. The van der Waals surface area contributed by atoms with Gasteiger partial charge in [-0.3, -0.25) is 14.9 Å². The number of barbiturate groups is 1. The first-order valence-corrected chi connectivity index (χ1v) is 11.4. The van der Waals surface area contributed by atoms with Crippen LogP contribution in [0, 0.1) is 5.82 Å². The van der Waals surface area contributed by atoms with Gasteiger partial charge in [-0.25, -0.2) is 14.1 Å². The van der Waals surface area contributed by atoms with E-state index in [4.69, 9.17) is 21.1 Å². The van der Waals surface area contributed by atoms with Crippen molar-refractivity contribution in [2.75, 3.05) is 12.0 Å². The Morgan fingerprint density at radius 1 is 1.09 bits per heavy atom. The van der Waals surface area contributed by atoms with Gasteiger partial charge in [-0.15, -0.1) is 0 Å². The monoisotopic (exact) mass is 558 g/mol. The average molecular weight is 560 g/mol. The molecular weight excluding hydrogens is 543 g/mol. The van der Waals surface area contributed by atoms with Crippen molar-refractivity contribution in [3.8, 4) is 11.5 Å². The Kier molecular flexibility index (Phi) is 7.18. The second-order valence-electron chi connectivity index (χ2n) is 7.39. The highest BCUT2D eigenvalue weighted by atomic mass is 79.9. The minimum atomic E-state index is -0.876. The van der Waals surface area contributed by atoms with Crippen LogP contribution in [0.4, 0.5) is 14.9 Å². The third kappa shape index (κ3) is 5.36. The summed E-state index contributed by atoms with van der Waals surface area (Å²) in [6.45, 7) is 0.0881. The van der Waals surface area contributed by atoms with Crippen molar-refractivity contribution < 1.29 is 28.2 Å². The van der Waals surface area contributed by atoms with Crippen LogP contribution in [0.3, 0.4) is 0 Å². The molecule has 10 heteroatoms. The molecule has 1 saturated heterocycles. The third-order valence-corrected chi connectivity index (χ3v) is 5.83. The quantitative estimate of drug-likeness (QED) is 0.319. The molecule has 0 bridgehead atoms. The van der Waals surface area contributed by atoms with Gasteiger partial charge in [0.25, 0.3) is 11.8 Å². The van der Waals surface area contributed by atoms with E-state index in [9.17, 15) is 18.8 Å². The van der Waals surface area contributed by atoms with Gasteiger partial charge in [0.15, 0.2) is 11.5 Å². The van der Waals surface area contributed by atoms with Gasteiger partial charge in [0.1, 0.15) is 18.0 Å². The van der Waals surface area contributed by atoms with Crippen molar-refractivity contribution in [1.29, 1.82) is 0 Å². The number of halogens is 3. The maximum atomic E-state index is 13.4. The van der Waals surface area contributed by atoms with E-state index in [1.807, 2.05) is 0 Å². The van der Waals surface area contributed by atoms with Gasteiger partial charge < -0.3 is 9.47 Å². The van der Waals surface area contributed by atoms with Crippen LogP contribution in [0.25, 0.3) is 6.08 Å². The van der Waals surface area contributed by atoms with Crippen LogP contribution >= 0.6 is 27.5 Å². The number of nitrogens with one attached hydrogen (secondary N) is 1. The van der Waals surface area contributed by atoms with Gasteiger partial charge in [0.05, 0.1) is 17.3 Å². The van der Waals surface area contributed by atoms with Gasteiger partial charge in [0.2, 0.25) is 0 Å². The number of methoxy groups -OCH3 is 1. The number of hydrogen-bond donors (Lipinski definition) is 1. The molecule has 1 heterocycles. The van der Waals surface area contributed by atoms with Crippen molar-refractivity contribution >= 4 is 57.1 Å². The zero-order valence-electron chi connectivity index (χ0n) is 18.2. The van der Waals surface area contributed by atoms with E-state index in [0.717, 1.165) is 4.90 Å². The summed E-state index contributed by atoms with van der Waals surface area (Å²) in [5.74, 6) is -1.34. The number of imide groups is 2. The normalized spacial score (nSPS) is 14.8. The van der Waals surface area contributed by atoms with E-state index < -0.39 is 17.8 Å². The van der Waals surface area contributed by atoms with Crippen LogP contribution in [0.15, 0.2) is 70.7 Å². The number of hydrogen-bond acceptors (Lipinski definition) is 5. The first-order valence-electron chi connectivity index (χ1n) is 10.2. The lowest BCUT2D eigenvalue weighted by Gasteiger charge is -2.26. The number of anilines is 1. The van der Waals surface area contributed by atoms with Crippen molar-refractivity contribution in [2.24, 2.45) is 0 Å². The molecule has 0 atom stereocenters. The summed E-state index contributed by atoms with van der Waals surface area (Å²) in [6.07, 6.45) is 1.34.